The Balaban J connectivity index is 0.000000242. The zero-order valence-electron chi connectivity index (χ0n) is 19.5. The molecule has 1 unspecified atom stereocenters. The maximum absolute atomic E-state index is 10.8. The van der Waals surface area contributed by atoms with E-state index in [4.69, 9.17) is 10.8 Å². The molecule has 0 radical (unpaired) electrons. The van der Waals surface area contributed by atoms with Crippen molar-refractivity contribution < 1.29 is 24.9 Å². The Labute approximate surface area is 191 Å². The summed E-state index contributed by atoms with van der Waals surface area (Å²) in [5.74, 6) is -0.796. The molecule has 0 heterocycles. The van der Waals surface area contributed by atoms with Crippen molar-refractivity contribution in [3.8, 4) is 0 Å². The maximum Gasteiger partial charge on any atom is 0.335 e. The van der Waals surface area contributed by atoms with E-state index in [2.05, 4.69) is 20.8 Å². The number of amides is 1. The van der Waals surface area contributed by atoms with Gasteiger partial charge in [0.25, 0.3) is 5.91 Å². The van der Waals surface area contributed by atoms with E-state index in [1.807, 2.05) is 0 Å². The Hall–Kier alpha value is -2.70. The molecule has 1 aliphatic rings. The molecule has 0 aliphatic heterocycles. The van der Waals surface area contributed by atoms with Crippen LogP contribution in [-0.4, -0.2) is 33.3 Å². The summed E-state index contributed by atoms with van der Waals surface area (Å²) < 4.78 is 0. The first-order chi connectivity index (χ1) is 14.9. The summed E-state index contributed by atoms with van der Waals surface area (Å²) in [6, 6.07) is 16.9. The van der Waals surface area contributed by atoms with E-state index < -0.39 is 17.5 Å². The van der Waals surface area contributed by atoms with Crippen LogP contribution in [0.2, 0.25) is 0 Å². The van der Waals surface area contributed by atoms with Crippen molar-refractivity contribution in [1.82, 2.24) is 0 Å². The van der Waals surface area contributed by atoms with Crippen molar-refractivity contribution in [2.75, 3.05) is 0 Å². The van der Waals surface area contributed by atoms with Gasteiger partial charge in [-0.15, -0.1) is 0 Å². The monoisotopic (exact) mass is 443 g/mol. The smallest absolute Gasteiger partial charge is 0.335 e. The lowest BCUT2D eigenvalue weighted by atomic mass is 9.72. The Morgan fingerprint density at radius 1 is 0.844 bits per heavy atom. The van der Waals surface area contributed by atoms with Gasteiger partial charge >= 0.3 is 5.97 Å². The minimum Gasteiger partial charge on any atom is -0.478 e. The lowest BCUT2D eigenvalue weighted by molar-refractivity contribution is -0.135. The predicted molar refractivity (Wildman–Crippen MR) is 126 cm³/mol. The average Bonchev–Trinajstić information content (AvgIpc) is 2.75. The summed E-state index contributed by atoms with van der Waals surface area (Å²) in [4.78, 5) is 21.0. The Kier molecular flexibility index (Phi) is 10.6. The van der Waals surface area contributed by atoms with Crippen LogP contribution in [0.5, 0.6) is 0 Å². The van der Waals surface area contributed by atoms with Crippen molar-refractivity contribution in [2.24, 2.45) is 17.1 Å². The van der Waals surface area contributed by atoms with Crippen molar-refractivity contribution in [1.29, 1.82) is 0 Å². The number of hydrogen-bond acceptors (Lipinski definition) is 4. The molecule has 1 aliphatic carbocycles. The first-order valence-corrected chi connectivity index (χ1v) is 10.9. The Morgan fingerprint density at radius 2 is 1.28 bits per heavy atom. The second-order valence-corrected chi connectivity index (χ2v) is 9.35. The number of carboxylic acid groups (broad SMARTS) is 1. The number of carboxylic acids is 1. The molecular formula is C26H37NO5. The quantitative estimate of drug-likeness (QED) is 0.562. The van der Waals surface area contributed by atoms with Gasteiger partial charge in [-0.1, -0.05) is 69.3 Å². The number of primary amides is 1. The number of aliphatic hydroxyl groups is 2. The lowest BCUT2D eigenvalue weighted by Crippen LogP contribution is -2.38. The number of nitrogens with two attached hydrogens (primary N) is 1. The predicted octanol–water partition coefficient (Wildman–Crippen LogP) is 4.35. The summed E-state index contributed by atoms with van der Waals surface area (Å²) in [6.07, 6.45) is 4.45. The third-order valence-corrected chi connectivity index (χ3v) is 5.76. The van der Waals surface area contributed by atoms with E-state index in [-0.39, 0.29) is 6.10 Å². The fraction of sp³-hybridized carbons (Fsp3) is 0.462. The second-order valence-electron chi connectivity index (χ2n) is 9.35. The van der Waals surface area contributed by atoms with Crippen LogP contribution in [0.15, 0.2) is 60.7 Å². The Bertz CT molecular complexity index is 820. The molecule has 0 bridgehead atoms. The second kappa shape index (κ2) is 12.4. The van der Waals surface area contributed by atoms with Crippen molar-refractivity contribution in [3.63, 3.8) is 0 Å². The topological polar surface area (TPSA) is 121 Å². The standard InChI is InChI=1S/C10H20O.C9H11NO2.C7H6O2/c1-10(2,3)8-4-6-9(11)7-5-8;1-9(12,8(10)11)7-5-3-2-4-6-7;8-7(9)6-4-2-1-3-5-6/h8-9,11H,4-7H2,1-3H3;2-6,12H,1H3,(H2,10,11);1-5H,(H,8,9). The van der Waals surface area contributed by atoms with Gasteiger partial charge in [-0.3, -0.25) is 4.79 Å². The van der Waals surface area contributed by atoms with Crippen LogP contribution in [0.4, 0.5) is 0 Å². The van der Waals surface area contributed by atoms with Gasteiger partial charge in [0.1, 0.15) is 0 Å². The van der Waals surface area contributed by atoms with Crippen LogP contribution in [-0.2, 0) is 10.4 Å². The van der Waals surface area contributed by atoms with E-state index in [1.54, 1.807) is 60.7 Å². The molecular weight excluding hydrogens is 406 g/mol. The van der Waals surface area contributed by atoms with E-state index >= 15 is 0 Å². The van der Waals surface area contributed by atoms with Gasteiger partial charge in [0.15, 0.2) is 5.60 Å². The molecule has 1 amide bonds. The van der Waals surface area contributed by atoms with Crippen LogP contribution >= 0.6 is 0 Å². The zero-order valence-corrected chi connectivity index (χ0v) is 19.5. The zero-order chi connectivity index (χ0) is 24.4. The largest absolute Gasteiger partial charge is 0.478 e. The number of benzene rings is 2. The summed E-state index contributed by atoms with van der Waals surface area (Å²) in [5, 5.41) is 27.3. The molecule has 3 rings (SSSR count). The summed E-state index contributed by atoms with van der Waals surface area (Å²) in [5.41, 5.74) is 4.73. The average molecular weight is 444 g/mol. The van der Waals surface area contributed by atoms with Crippen LogP contribution in [0.25, 0.3) is 0 Å². The molecule has 1 atom stereocenters. The van der Waals surface area contributed by atoms with Gasteiger partial charge in [-0.2, -0.15) is 0 Å². The summed E-state index contributed by atoms with van der Waals surface area (Å²) >= 11 is 0. The van der Waals surface area contributed by atoms with Gasteiger partial charge in [-0.25, -0.2) is 4.79 Å². The summed E-state index contributed by atoms with van der Waals surface area (Å²) in [6.45, 7) is 8.28. The first-order valence-electron chi connectivity index (χ1n) is 10.9. The molecule has 2 aromatic rings. The molecule has 1 saturated carbocycles. The maximum atomic E-state index is 10.8. The van der Waals surface area contributed by atoms with Gasteiger partial charge in [-0.05, 0) is 61.6 Å². The first kappa shape index (κ1) is 27.3. The molecule has 6 nitrogen and oxygen atoms in total. The SMILES string of the molecule is CC(C)(C)C1CCC(O)CC1.CC(O)(C(N)=O)c1ccccc1.O=C(O)c1ccccc1. The lowest BCUT2D eigenvalue weighted by Gasteiger charge is -2.35. The molecule has 2 aromatic carbocycles. The van der Waals surface area contributed by atoms with E-state index in [0.717, 1.165) is 18.8 Å². The van der Waals surface area contributed by atoms with E-state index in [0.29, 0.717) is 16.5 Å². The minimum absolute atomic E-state index is 0.00593. The van der Waals surface area contributed by atoms with Crippen LogP contribution in [0.1, 0.15) is 69.3 Å². The van der Waals surface area contributed by atoms with Crippen LogP contribution in [0.3, 0.4) is 0 Å². The van der Waals surface area contributed by atoms with Crippen LogP contribution in [0, 0.1) is 11.3 Å². The number of carbonyl (C=O) groups is 2. The third kappa shape index (κ3) is 9.20. The van der Waals surface area contributed by atoms with Gasteiger partial charge in [0.2, 0.25) is 0 Å². The highest BCUT2D eigenvalue weighted by atomic mass is 16.4. The highest BCUT2D eigenvalue weighted by Gasteiger charge is 2.29. The number of carbonyl (C=O) groups excluding carboxylic acids is 1. The molecule has 1 fully saturated rings. The third-order valence-electron chi connectivity index (χ3n) is 5.76. The molecule has 0 spiro atoms. The molecule has 176 valence electrons. The molecule has 0 aromatic heterocycles. The molecule has 32 heavy (non-hydrogen) atoms. The number of aliphatic hydroxyl groups excluding tert-OH is 1. The van der Waals surface area contributed by atoms with Gasteiger partial charge < -0.3 is 21.1 Å². The Morgan fingerprint density at radius 3 is 1.62 bits per heavy atom. The molecule has 0 saturated heterocycles. The van der Waals surface area contributed by atoms with E-state index in [1.165, 1.54) is 19.8 Å². The number of aromatic carboxylic acids is 1. The van der Waals surface area contributed by atoms with Crippen LogP contribution < -0.4 is 5.73 Å². The molecule has 5 N–H and O–H groups in total. The molecule has 6 heteroatoms. The number of hydrogen-bond donors (Lipinski definition) is 4. The minimum atomic E-state index is -1.57. The number of rotatable bonds is 3. The highest BCUT2D eigenvalue weighted by molar-refractivity contribution is 5.87. The van der Waals surface area contributed by atoms with E-state index in [9.17, 15) is 19.8 Å². The van der Waals surface area contributed by atoms with Crippen molar-refractivity contribution in [2.45, 2.75) is 65.1 Å². The fourth-order valence-corrected chi connectivity index (χ4v) is 3.43. The highest BCUT2D eigenvalue weighted by Crippen LogP contribution is 2.37. The summed E-state index contributed by atoms with van der Waals surface area (Å²) in [7, 11) is 0. The normalized spacial score (nSPS) is 19.8. The fourth-order valence-electron chi connectivity index (χ4n) is 3.43. The van der Waals surface area contributed by atoms with Gasteiger partial charge in [0, 0.05) is 0 Å². The van der Waals surface area contributed by atoms with Crippen molar-refractivity contribution in [3.05, 3.63) is 71.8 Å². The van der Waals surface area contributed by atoms with Gasteiger partial charge in [0.05, 0.1) is 11.7 Å². The van der Waals surface area contributed by atoms with Crippen molar-refractivity contribution >= 4 is 11.9 Å².